The van der Waals surface area contributed by atoms with E-state index in [4.69, 9.17) is 4.74 Å². The number of fused-ring (bicyclic) bond motifs is 1. The van der Waals surface area contributed by atoms with Gasteiger partial charge in [-0.15, -0.1) is 0 Å². The molecule has 1 heterocycles. The van der Waals surface area contributed by atoms with Crippen LogP contribution in [0.5, 0.6) is 5.75 Å². The zero-order valence-corrected chi connectivity index (χ0v) is 12.7. The molecule has 1 aliphatic rings. The molecule has 2 aromatic rings. The second kappa shape index (κ2) is 5.76. The highest BCUT2D eigenvalue weighted by Crippen LogP contribution is 2.41. The molecular formula is C19H18O3. The Morgan fingerprint density at radius 1 is 1.14 bits per heavy atom. The van der Waals surface area contributed by atoms with E-state index in [1.165, 1.54) is 0 Å². The molecule has 22 heavy (non-hydrogen) atoms. The minimum atomic E-state index is -0.762. The Morgan fingerprint density at radius 2 is 1.86 bits per heavy atom. The van der Waals surface area contributed by atoms with Crippen LogP contribution in [0.25, 0.3) is 0 Å². The standard InChI is InChI=1S/C19H18O3/c1-3-14-15-11-12(2)9-10-16(15)22-19(21)17(14)18(20)13-7-5-4-6-8-13/h4-11,14,17H,3H2,1-2H3/t14-,17-/m0/s1. The number of aryl methyl sites for hydroxylation is 1. The summed E-state index contributed by atoms with van der Waals surface area (Å²) in [6.45, 7) is 4.00. The summed E-state index contributed by atoms with van der Waals surface area (Å²) in [5, 5.41) is 0. The number of benzene rings is 2. The van der Waals surface area contributed by atoms with Crippen LogP contribution in [0.2, 0.25) is 0 Å². The number of ketones is 1. The van der Waals surface area contributed by atoms with Gasteiger partial charge in [0.15, 0.2) is 5.78 Å². The van der Waals surface area contributed by atoms with Crippen LogP contribution in [0.4, 0.5) is 0 Å². The number of hydrogen-bond acceptors (Lipinski definition) is 3. The first kappa shape index (κ1) is 14.5. The summed E-state index contributed by atoms with van der Waals surface area (Å²) in [6, 6.07) is 14.7. The van der Waals surface area contributed by atoms with Gasteiger partial charge in [-0.3, -0.25) is 9.59 Å². The largest absolute Gasteiger partial charge is 0.426 e. The van der Waals surface area contributed by atoms with Gasteiger partial charge in [0.2, 0.25) is 0 Å². The van der Waals surface area contributed by atoms with Crippen molar-refractivity contribution in [1.82, 2.24) is 0 Å². The van der Waals surface area contributed by atoms with Gasteiger partial charge in [-0.1, -0.05) is 55.0 Å². The summed E-state index contributed by atoms with van der Waals surface area (Å²) in [7, 11) is 0. The van der Waals surface area contributed by atoms with Crippen molar-refractivity contribution in [2.75, 3.05) is 0 Å². The molecule has 0 amide bonds. The number of hydrogen-bond donors (Lipinski definition) is 0. The van der Waals surface area contributed by atoms with Gasteiger partial charge in [-0.05, 0) is 25.0 Å². The summed E-state index contributed by atoms with van der Waals surface area (Å²) in [4.78, 5) is 25.2. The molecule has 0 radical (unpaired) electrons. The minimum Gasteiger partial charge on any atom is -0.426 e. The summed E-state index contributed by atoms with van der Waals surface area (Å²) < 4.78 is 5.41. The summed E-state index contributed by atoms with van der Waals surface area (Å²) in [5.74, 6) is -0.924. The molecule has 0 aliphatic carbocycles. The van der Waals surface area contributed by atoms with Crippen LogP contribution in [-0.2, 0) is 4.79 Å². The first-order valence-corrected chi connectivity index (χ1v) is 7.53. The van der Waals surface area contributed by atoms with Gasteiger partial charge >= 0.3 is 5.97 Å². The third-order valence-electron chi connectivity index (χ3n) is 4.21. The fraction of sp³-hybridized carbons (Fsp3) is 0.263. The molecule has 0 spiro atoms. The lowest BCUT2D eigenvalue weighted by atomic mass is 9.77. The molecule has 112 valence electrons. The highest BCUT2D eigenvalue weighted by molar-refractivity contribution is 6.10. The molecule has 2 atom stereocenters. The highest BCUT2D eigenvalue weighted by Gasteiger charge is 2.41. The van der Waals surface area contributed by atoms with Crippen molar-refractivity contribution in [3.63, 3.8) is 0 Å². The maximum Gasteiger partial charge on any atom is 0.322 e. The van der Waals surface area contributed by atoms with E-state index in [2.05, 4.69) is 0 Å². The van der Waals surface area contributed by atoms with Crippen molar-refractivity contribution < 1.29 is 14.3 Å². The maximum atomic E-state index is 12.8. The molecule has 3 rings (SSSR count). The Kier molecular flexibility index (Phi) is 3.80. The Morgan fingerprint density at radius 3 is 2.55 bits per heavy atom. The molecule has 1 aliphatic heterocycles. The molecule has 0 saturated heterocycles. The van der Waals surface area contributed by atoms with Crippen LogP contribution in [0.15, 0.2) is 48.5 Å². The molecular weight excluding hydrogens is 276 g/mol. The topological polar surface area (TPSA) is 43.4 Å². The Labute approximate surface area is 129 Å². The second-order valence-electron chi connectivity index (χ2n) is 5.69. The van der Waals surface area contributed by atoms with E-state index < -0.39 is 11.9 Å². The first-order chi connectivity index (χ1) is 10.6. The minimum absolute atomic E-state index is 0.135. The molecule has 2 aromatic carbocycles. The quantitative estimate of drug-likeness (QED) is 0.373. The lowest BCUT2D eigenvalue weighted by Gasteiger charge is -2.30. The zero-order chi connectivity index (χ0) is 15.7. The molecule has 0 unspecified atom stereocenters. The van der Waals surface area contributed by atoms with Crippen molar-refractivity contribution in [2.24, 2.45) is 5.92 Å². The summed E-state index contributed by atoms with van der Waals surface area (Å²) in [5.41, 5.74) is 2.61. The predicted molar refractivity (Wildman–Crippen MR) is 84.1 cm³/mol. The fourth-order valence-corrected chi connectivity index (χ4v) is 3.09. The van der Waals surface area contributed by atoms with Gasteiger partial charge in [0.05, 0.1) is 0 Å². The average molecular weight is 294 g/mol. The molecule has 3 heteroatoms. The summed E-state index contributed by atoms with van der Waals surface area (Å²) >= 11 is 0. The lowest BCUT2D eigenvalue weighted by molar-refractivity contribution is -0.139. The molecule has 0 bridgehead atoms. The summed E-state index contributed by atoms with van der Waals surface area (Å²) in [6.07, 6.45) is 0.717. The Hall–Kier alpha value is -2.42. The molecule has 0 fully saturated rings. The van der Waals surface area contributed by atoms with Crippen LogP contribution in [-0.4, -0.2) is 11.8 Å². The Bertz CT molecular complexity index is 719. The van der Waals surface area contributed by atoms with Crippen molar-refractivity contribution >= 4 is 11.8 Å². The van der Waals surface area contributed by atoms with Crippen LogP contribution in [0, 0.1) is 12.8 Å². The van der Waals surface area contributed by atoms with Gasteiger partial charge in [-0.25, -0.2) is 0 Å². The van der Waals surface area contributed by atoms with E-state index in [0.29, 0.717) is 11.3 Å². The number of rotatable bonds is 3. The van der Waals surface area contributed by atoms with E-state index in [9.17, 15) is 9.59 Å². The molecule has 0 aromatic heterocycles. The zero-order valence-electron chi connectivity index (χ0n) is 12.7. The number of ether oxygens (including phenoxy) is 1. The van der Waals surface area contributed by atoms with Crippen molar-refractivity contribution in [3.8, 4) is 5.75 Å². The fourth-order valence-electron chi connectivity index (χ4n) is 3.09. The maximum absolute atomic E-state index is 12.8. The normalized spacial score (nSPS) is 20.2. The van der Waals surface area contributed by atoms with Crippen LogP contribution < -0.4 is 4.74 Å². The Balaban J connectivity index is 2.04. The monoisotopic (exact) mass is 294 g/mol. The molecule has 0 saturated carbocycles. The highest BCUT2D eigenvalue weighted by atomic mass is 16.5. The van der Waals surface area contributed by atoms with E-state index in [1.54, 1.807) is 24.3 Å². The number of carbonyl (C=O) groups excluding carboxylic acids is 2. The number of Topliss-reactive ketones (excluding diaryl/α,β-unsaturated/α-hetero) is 1. The third kappa shape index (κ3) is 2.43. The van der Waals surface area contributed by atoms with E-state index in [1.807, 2.05) is 38.1 Å². The van der Waals surface area contributed by atoms with Crippen LogP contribution in [0.1, 0.15) is 40.7 Å². The smallest absolute Gasteiger partial charge is 0.322 e. The van der Waals surface area contributed by atoms with Gasteiger partial charge < -0.3 is 4.74 Å². The third-order valence-corrected chi connectivity index (χ3v) is 4.21. The second-order valence-corrected chi connectivity index (χ2v) is 5.69. The van der Waals surface area contributed by atoms with Crippen molar-refractivity contribution in [2.45, 2.75) is 26.2 Å². The lowest BCUT2D eigenvalue weighted by Crippen LogP contribution is -2.37. The van der Waals surface area contributed by atoms with E-state index in [-0.39, 0.29) is 11.7 Å². The number of carbonyl (C=O) groups is 2. The molecule has 3 nitrogen and oxygen atoms in total. The SMILES string of the molecule is CC[C@H]1c2cc(C)ccc2OC(=O)[C@@H]1C(=O)c1ccccc1. The van der Waals surface area contributed by atoms with E-state index in [0.717, 1.165) is 17.5 Å². The van der Waals surface area contributed by atoms with Crippen LogP contribution in [0.3, 0.4) is 0 Å². The average Bonchev–Trinajstić information content (AvgIpc) is 2.54. The first-order valence-electron chi connectivity index (χ1n) is 7.53. The predicted octanol–water partition coefficient (Wildman–Crippen LogP) is 3.91. The molecule has 0 N–H and O–H groups in total. The van der Waals surface area contributed by atoms with Crippen molar-refractivity contribution in [3.05, 3.63) is 65.2 Å². The van der Waals surface area contributed by atoms with Gasteiger partial charge in [-0.2, -0.15) is 0 Å². The number of esters is 1. The van der Waals surface area contributed by atoms with Crippen molar-refractivity contribution in [1.29, 1.82) is 0 Å². The van der Waals surface area contributed by atoms with Crippen LogP contribution >= 0.6 is 0 Å². The van der Waals surface area contributed by atoms with Gasteiger partial charge in [0.1, 0.15) is 11.7 Å². The van der Waals surface area contributed by atoms with E-state index >= 15 is 0 Å². The van der Waals surface area contributed by atoms with Gasteiger partial charge in [0, 0.05) is 11.5 Å². The van der Waals surface area contributed by atoms with Gasteiger partial charge in [0.25, 0.3) is 0 Å².